The van der Waals surface area contributed by atoms with Gasteiger partial charge in [-0.1, -0.05) is 5.16 Å². The predicted molar refractivity (Wildman–Crippen MR) is 90.9 cm³/mol. The van der Waals surface area contributed by atoms with Crippen molar-refractivity contribution in [2.24, 2.45) is 0 Å². The number of nitrogens with zero attached hydrogens (tertiary/aromatic N) is 3. The van der Waals surface area contributed by atoms with Crippen LogP contribution < -0.4 is 10.6 Å². The van der Waals surface area contributed by atoms with Crippen molar-refractivity contribution in [3.05, 3.63) is 60.2 Å². The monoisotopic (exact) mass is 339 g/mol. The molecule has 8 heteroatoms. The van der Waals surface area contributed by atoms with Crippen LogP contribution in [0.15, 0.2) is 53.5 Å². The van der Waals surface area contributed by atoms with Gasteiger partial charge in [0.05, 0.1) is 12.1 Å². The molecule has 0 bridgehead atoms. The maximum Gasteiger partial charge on any atom is 0.246 e. The lowest BCUT2D eigenvalue weighted by atomic mass is 10.1. The number of benzene rings is 1. The number of hydrogen-bond donors (Lipinski definition) is 2. The number of aromatic nitrogens is 3. The average Bonchev–Trinajstić information content (AvgIpc) is 3.24. The Kier molecular flexibility index (Phi) is 4.89. The van der Waals surface area contributed by atoms with E-state index in [1.807, 2.05) is 6.92 Å². The topological polar surface area (TPSA) is 102 Å². The Morgan fingerprint density at radius 3 is 2.76 bits per heavy atom. The fraction of sp³-hybridized carbons (Fsp3) is 0.176. The van der Waals surface area contributed by atoms with Gasteiger partial charge in [-0.3, -0.25) is 14.3 Å². The van der Waals surface area contributed by atoms with Crippen LogP contribution >= 0.6 is 0 Å². The molecular weight excluding hydrogens is 322 g/mol. The van der Waals surface area contributed by atoms with Crippen LogP contribution in [0.5, 0.6) is 0 Å². The molecule has 0 saturated carbocycles. The van der Waals surface area contributed by atoms with Gasteiger partial charge >= 0.3 is 0 Å². The molecule has 0 saturated heterocycles. The second kappa shape index (κ2) is 7.43. The number of anilines is 2. The van der Waals surface area contributed by atoms with Gasteiger partial charge in [-0.05, 0) is 36.8 Å². The van der Waals surface area contributed by atoms with E-state index in [0.717, 1.165) is 5.56 Å². The summed E-state index contributed by atoms with van der Waals surface area (Å²) in [6.45, 7) is 2.00. The first-order valence-electron chi connectivity index (χ1n) is 7.67. The molecule has 0 atom stereocenters. The molecule has 0 aliphatic carbocycles. The highest BCUT2D eigenvalue weighted by Crippen LogP contribution is 2.20. The summed E-state index contributed by atoms with van der Waals surface area (Å²) in [7, 11) is 0. The van der Waals surface area contributed by atoms with Gasteiger partial charge in [0.1, 0.15) is 12.8 Å². The first kappa shape index (κ1) is 16.4. The predicted octanol–water partition coefficient (Wildman–Crippen LogP) is 2.00. The molecule has 0 aliphatic rings. The summed E-state index contributed by atoms with van der Waals surface area (Å²) in [5.74, 6) is -0.363. The summed E-state index contributed by atoms with van der Waals surface area (Å²) in [5, 5.41) is 13.3. The van der Waals surface area contributed by atoms with Crippen LogP contribution in [0.25, 0.3) is 0 Å². The number of hydrogen-bond acceptors (Lipinski definition) is 5. The van der Waals surface area contributed by atoms with Crippen LogP contribution in [0, 0.1) is 6.92 Å². The standard InChI is InChI=1S/C17H17N5O3/c1-12-9-13(19-16(23)10-14-5-8-25-21-14)3-4-15(12)20-17(24)11-22-7-2-6-18-22/h2-9H,10-11H2,1H3,(H,19,23)(H,20,24). The Morgan fingerprint density at radius 1 is 1.20 bits per heavy atom. The van der Waals surface area contributed by atoms with Gasteiger partial charge in [0, 0.05) is 29.8 Å². The van der Waals surface area contributed by atoms with E-state index in [0.29, 0.717) is 17.1 Å². The Hall–Kier alpha value is -3.42. The van der Waals surface area contributed by atoms with Crippen molar-refractivity contribution in [2.75, 3.05) is 10.6 Å². The third kappa shape index (κ3) is 4.54. The molecule has 3 rings (SSSR count). The van der Waals surface area contributed by atoms with Crippen LogP contribution in [-0.2, 0) is 22.6 Å². The summed E-state index contributed by atoms with van der Waals surface area (Å²) in [6, 6.07) is 8.68. The largest absolute Gasteiger partial charge is 0.364 e. The summed E-state index contributed by atoms with van der Waals surface area (Å²) in [6.07, 6.45) is 4.90. The maximum atomic E-state index is 12.0. The normalized spacial score (nSPS) is 10.4. The molecule has 128 valence electrons. The number of nitrogens with one attached hydrogen (secondary N) is 2. The van der Waals surface area contributed by atoms with E-state index in [9.17, 15) is 9.59 Å². The van der Waals surface area contributed by atoms with E-state index in [1.54, 1.807) is 47.4 Å². The molecule has 2 amide bonds. The molecule has 2 aromatic heterocycles. The Labute approximate surface area is 143 Å². The number of carbonyl (C=O) groups is 2. The number of amides is 2. The van der Waals surface area contributed by atoms with E-state index in [4.69, 9.17) is 4.52 Å². The van der Waals surface area contributed by atoms with E-state index in [-0.39, 0.29) is 24.8 Å². The van der Waals surface area contributed by atoms with E-state index in [1.165, 1.54) is 6.26 Å². The van der Waals surface area contributed by atoms with Crippen molar-refractivity contribution in [3.8, 4) is 0 Å². The molecule has 25 heavy (non-hydrogen) atoms. The van der Waals surface area contributed by atoms with E-state index >= 15 is 0 Å². The van der Waals surface area contributed by atoms with Crippen LogP contribution in [0.4, 0.5) is 11.4 Å². The molecular formula is C17H17N5O3. The second-order valence-corrected chi connectivity index (χ2v) is 5.50. The highest BCUT2D eigenvalue weighted by molar-refractivity contribution is 5.94. The molecule has 0 fully saturated rings. The van der Waals surface area contributed by atoms with Crippen LogP contribution in [0.2, 0.25) is 0 Å². The third-order valence-corrected chi connectivity index (χ3v) is 3.48. The lowest BCUT2D eigenvalue weighted by Crippen LogP contribution is -2.19. The number of rotatable bonds is 6. The molecule has 8 nitrogen and oxygen atoms in total. The van der Waals surface area contributed by atoms with Gasteiger partial charge in [-0.2, -0.15) is 5.10 Å². The molecule has 3 aromatic rings. The van der Waals surface area contributed by atoms with Gasteiger partial charge in [-0.25, -0.2) is 0 Å². The lowest BCUT2D eigenvalue weighted by Gasteiger charge is -2.11. The Bertz CT molecular complexity index is 857. The van der Waals surface area contributed by atoms with E-state index in [2.05, 4.69) is 20.9 Å². The molecule has 2 N–H and O–H groups in total. The highest BCUT2D eigenvalue weighted by Gasteiger charge is 2.09. The van der Waals surface area contributed by atoms with Crippen LogP contribution in [0.1, 0.15) is 11.3 Å². The fourth-order valence-corrected chi connectivity index (χ4v) is 2.31. The molecule has 0 radical (unpaired) electrons. The highest BCUT2D eigenvalue weighted by atomic mass is 16.5. The molecule has 0 unspecified atom stereocenters. The summed E-state index contributed by atoms with van der Waals surface area (Å²) < 4.78 is 6.24. The first-order valence-corrected chi connectivity index (χ1v) is 7.67. The lowest BCUT2D eigenvalue weighted by molar-refractivity contribution is -0.117. The fourth-order valence-electron chi connectivity index (χ4n) is 2.31. The number of aryl methyl sites for hydroxylation is 1. The van der Waals surface area contributed by atoms with Crippen molar-refractivity contribution < 1.29 is 14.1 Å². The summed E-state index contributed by atoms with van der Waals surface area (Å²) >= 11 is 0. The summed E-state index contributed by atoms with van der Waals surface area (Å²) in [4.78, 5) is 24.0. The zero-order valence-electron chi connectivity index (χ0n) is 13.6. The zero-order chi connectivity index (χ0) is 17.6. The zero-order valence-corrected chi connectivity index (χ0v) is 13.6. The minimum atomic E-state index is -0.191. The first-order chi connectivity index (χ1) is 12.1. The second-order valence-electron chi connectivity index (χ2n) is 5.50. The SMILES string of the molecule is Cc1cc(NC(=O)Cc2ccon2)ccc1NC(=O)Cn1cccn1. The van der Waals surface area contributed by atoms with Crippen molar-refractivity contribution >= 4 is 23.2 Å². The van der Waals surface area contributed by atoms with Gasteiger partial charge < -0.3 is 15.2 Å². The van der Waals surface area contributed by atoms with Crippen molar-refractivity contribution in [3.63, 3.8) is 0 Å². The summed E-state index contributed by atoms with van der Waals surface area (Å²) in [5.41, 5.74) is 2.74. The van der Waals surface area contributed by atoms with Crippen molar-refractivity contribution in [1.82, 2.24) is 14.9 Å². The van der Waals surface area contributed by atoms with Crippen LogP contribution in [-0.4, -0.2) is 26.8 Å². The van der Waals surface area contributed by atoms with Crippen molar-refractivity contribution in [2.45, 2.75) is 19.9 Å². The molecule has 0 spiro atoms. The molecule has 2 heterocycles. The number of carbonyl (C=O) groups excluding carboxylic acids is 2. The van der Waals surface area contributed by atoms with E-state index < -0.39 is 0 Å². The minimum absolute atomic E-state index is 0.137. The van der Waals surface area contributed by atoms with Gasteiger partial charge in [-0.15, -0.1) is 0 Å². The van der Waals surface area contributed by atoms with Gasteiger partial charge in [0.2, 0.25) is 11.8 Å². The minimum Gasteiger partial charge on any atom is -0.364 e. The quantitative estimate of drug-likeness (QED) is 0.715. The average molecular weight is 339 g/mol. The molecule has 0 aliphatic heterocycles. The Morgan fingerprint density at radius 2 is 2.08 bits per heavy atom. The van der Waals surface area contributed by atoms with Crippen molar-refractivity contribution in [1.29, 1.82) is 0 Å². The third-order valence-electron chi connectivity index (χ3n) is 3.48. The maximum absolute atomic E-state index is 12.0. The van der Waals surface area contributed by atoms with Gasteiger partial charge in [0.15, 0.2) is 0 Å². The smallest absolute Gasteiger partial charge is 0.246 e. The molecule has 1 aromatic carbocycles. The van der Waals surface area contributed by atoms with Gasteiger partial charge in [0.25, 0.3) is 0 Å². The van der Waals surface area contributed by atoms with Crippen LogP contribution in [0.3, 0.4) is 0 Å². The Balaban J connectivity index is 1.58.